The number of hydrogen-bond acceptors (Lipinski definition) is 3. The maximum Gasteiger partial charge on any atom is 0.307 e. The molecule has 2 saturated heterocycles. The highest BCUT2D eigenvalue weighted by molar-refractivity contribution is 7.86. The van der Waals surface area contributed by atoms with Crippen LogP contribution in [0.2, 0.25) is 0 Å². The van der Waals surface area contributed by atoms with E-state index in [1.807, 2.05) is 0 Å². The quantitative estimate of drug-likeness (QED) is 0.784. The molecular formula is C10H18N2O4S. The highest BCUT2D eigenvalue weighted by Gasteiger charge is 2.36. The average molecular weight is 262 g/mol. The van der Waals surface area contributed by atoms with Crippen LogP contribution in [-0.4, -0.2) is 54.3 Å². The van der Waals surface area contributed by atoms with E-state index in [0.717, 1.165) is 12.8 Å². The summed E-state index contributed by atoms with van der Waals surface area (Å²) in [6.07, 6.45) is 3.00. The molecule has 0 aliphatic carbocycles. The molecule has 0 saturated carbocycles. The molecule has 7 heteroatoms. The van der Waals surface area contributed by atoms with Crippen molar-refractivity contribution in [3.05, 3.63) is 0 Å². The first-order valence-electron chi connectivity index (χ1n) is 6.00. The van der Waals surface area contributed by atoms with Crippen molar-refractivity contribution >= 4 is 16.2 Å². The zero-order chi connectivity index (χ0) is 12.5. The van der Waals surface area contributed by atoms with Crippen LogP contribution < -0.4 is 0 Å². The molecule has 0 amide bonds. The molecule has 2 aliphatic rings. The zero-order valence-corrected chi connectivity index (χ0v) is 10.5. The second-order valence-electron chi connectivity index (χ2n) is 4.65. The summed E-state index contributed by atoms with van der Waals surface area (Å²) in [4.78, 5) is 10.9. The molecule has 2 aliphatic heterocycles. The van der Waals surface area contributed by atoms with Gasteiger partial charge < -0.3 is 5.11 Å². The predicted octanol–water partition coefficient (Wildman–Crippen LogP) is 0.124. The minimum Gasteiger partial charge on any atom is -0.481 e. The van der Waals surface area contributed by atoms with E-state index in [2.05, 4.69) is 0 Å². The van der Waals surface area contributed by atoms with E-state index in [-0.39, 0.29) is 6.54 Å². The fraction of sp³-hybridized carbons (Fsp3) is 0.900. The van der Waals surface area contributed by atoms with Gasteiger partial charge in [-0.2, -0.15) is 17.0 Å². The molecule has 1 N–H and O–H groups in total. The topological polar surface area (TPSA) is 77.9 Å². The Morgan fingerprint density at radius 2 is 1.65 bits per heavy atom. The molecule has 17 heavy (non-hydrogen) atoms. The first-order valence-corrected chi connectivity index (χ1v) is 7.39. The van der Waals surface area contributed by atoms with Gasteiger partial charge in [-0.25, -0.2) is 0 Å². The van der Waals surface area contributed by atoms with Gasteiger partial charge in [0.2, 0.25) is 0 Å². The summed E-state index contributed by atoms with van der Waals surface area (Å²) in [5.74, 6) is -1.45. The van der Waals surface area contributed by atoms with Crippen molar-refractivity contribution in [2.24, 2.45) is 5.92 Å². The molecule has 2 rings (SSSR count). The number of carbonyl (C=O) groups is 1. The van der Waals surface area contributed by atoms with Crippen LogP contribution in [0.1, 0.15) is 25.7 Å². The number of rotatable bonds is 3. The third-order valence-electron chi connectivity index (χ3n) is 3.45. The Morgan fingerprint density at radius 1 is 1.06 bits per heavy atom. The summed E-state index contributed by atoms with van der Waals surface area (Å²) in [7, 11) is -3.42. The second kappa shape index (κ2) is 4.91. The molecule has 6 nitrogen and oxygen atoms in total. The van der Waals surface area contributed by atoms with Crippen molar-refractivity contribution in [2.75, 3.05) is 26.2 Å². The average Bonchev–Trinajstić information content (AvgIpc) is 2.83. The van der Waals surface area contributed by atoms with Crippen molar-refractivity contribution in [2.45, 2.75) is 25.7 Å². The summed E-state index contributed by atoms with van der Waals surface area (Å²) >= 11 is 0. The van der Waals surface area contributed by atoms with E-state index in [4.69, 9.17) is 5.11 Å². The summed E-state index contributed by atoms with van der Waals surface area (Å²) in [5, 5.41) is 8.95. The number of nitrogens with zero attached hydrogens (tertiary/aromatic N) is 2. The molecule has 0 unspecified atom stereocenters. The Kier molecular flexibility index (Phi) is 3.70. The lowest BCUT2D eigenvalue weighted by Gasteiger charge is -2.32. The minimum absolute atomic E-state index is 0.119. The van der Waals surface area contributed by atoms with Gasteiger partial charge in [0, 0.05) is 26.2 Å². The number of piperidine rings is 1. The second-order valence-corrected chi connectivity index (χ2v) is 6.58. The smallest absolute Gasteiger partial charge is 0.307 e. The SMILES string of the molecule is O=C(O)[C@@H]1CCCN(S(=O)(=O)N2CCCC2)C1. The molecule has 0 spiro atoms. The Bertz CT molecular complexity index is 389. The van der Waals surface area contributed by atoms with Crippen LogP contribution in [0.3, 0.4) is 0 Å². The highest BCUT2D eigenvalue weighted by Crippen LogP contribution is 2.23. The molecule has 0 aromatic heterocycles. The Hall–Kier alpha value is -0.660. The molecule has 0 aromatic rings. The van der Waals surface area contributed by atoms with E-state index in [1.54, 1.807) is 0 Å². The van der Waals surface area contributed by atoms with Crippen LogP contribution in [0.4, 0.5) is 0 Å². The predicted molar refractivity (Wildman–Crippen MR) is 61.7 cm³/mol. The summed E-state index contributed by atoms with van der Waals surface area (Å²) in [6.45, 7) is 1.70. The van der Waals surface area contributed by atoms with Crippen molar-refractivity contribution in [3.8, 4) is 0 Å². The van der Waals surface area contributed by atoms with Crippen LogP contribution >= 0.6 is 0 Å². The van der Waals surface area contributed by atoms with Gasteiger partial charge in [-0.15, -0.1) is 0 Å². The lowest BCUT2D eigenvalue weighted by molar-refractivity contribution is -0.142. The Morgan fingerprint density at radius 3 is 2.24 bits per heavy atom. The Balaban J connectivity index is 2.08. The molecule has 0 bridgehead atoms. The van der Waals surface area contributed by atoms with Crippen LogP contribution in [-0.2, 0) is 15.0 Å². The van der Waals surface area contributed by atoms with Gasteiger partial charge in [-0.1, -0.05) is 0 Å². The molecular weight excluding hydrogens is 244 g/mol. The van der Waals surface area contributed by atoms with Crippen molar-refractivity contribution < 1.29 is 18.3 Å². The number of carboxylic acid groups (broad SMARTS) is 1. The lowest BCUT2D eigenvalue weighted by Crippen LogP contribution is -2.48. The van der Waals surface area contributed by atoms with Gasteiger partial charge in [-0.3, -0.25) is 4.79 Å². The van der Waals surface area contributed by atoms with Crippen molar-refractivity contribution in [3.63, 3.8) is 0 Å². The van der Waals surface area contributed by atoms with E-state index in [9.17, 15) is 13.2 Å². The number of aliphatic carboxylic acids is 1. The standard InChI is InChI=1S/C10H18N2O4S/c13-10(14)9-4-3-7-12(8-9)17(15,16)11-5-1-2-6-11/h9H,1-8H2,(H,13,14)/t9-/m1/s1. The van der Waals surface area contributed by atoms with E-state index >= 15 is 0 Å². The van der Waals surface area contributed by atoms with Crippen LogP contribution in [0, 0.1) is 5.92 Å². The van der Waals surface area contributed by atoms with Crippen LogP contribution in [0.15, 0.2) is 0 Å². The number of hydrogen-bond donors (Lipinski definition) is 1. The highest BCUT2D eigenvalue weighted by atomic mass is 32.2. The summed E-state index contributed by atoms with van der Waals surface area (Å²) in [5.41, 5.74) is 0. The fourth-order valence-corrected chi connectivity index (χ4v) is 4.21. The van der Waals surface area contributed by atoms with Gasteiger partial charge >= 0.3 is 5.97 Å². The molecule has 0 aromatic carbocycles. The van der Waals surface area contributed by atoms with Crippen molar-refractivity contribution in [1.82, 2.24) is 8.61 Å². The third kappa shape index (κ3) is 2.61. The number of carboxylic acids is 1. The van der Waals surface area contributed by atoms with E-state index < -0.39 is 22.1 Å². The van der Waals surface area contributed by atoms with Crippen LogP contribution in [0.5, 0.6) is 0 Å². The first-order chi connectivity index (χ1) is 8.01. The molecule has 0 radical (unpaired) electrons. The van der Waals surface area contributed by atoms with Gasteiger partial charge in [0.1, 0.15) is 0 Å². The van der Waals surface area contributed by atoms with E-state index in [0.29, 0.717) is 32.5 Å². The lowest BCUT2D eigenvalue weighted by atomic mass is 10.0. The maximum atomic E-state index is 12.2. The zero-order valence-electron chi connectivity index (χ0n) is 9.71. The first kappa shape index (κ1) is 12.8. The van der Waals surface area contributed by atoms with Gasteiger partial charge in [0.05, 0.1) is 5.92 Å². The molecule has 98 valence electrons. The Labute approximate surface area is 101 Å². The molecule has 1 atom stereocenters. The van der Waals surface area contributed by atoms with E-state index in [1.165, 1.54) is 8.61 Å². The molecule has 2 heterocycles. The monoisotopic (exact) mass is 262 g/mol. The fourth-order valence-electron chi connectivity index (χ4n) is 2.44. The summed E-state index contributed by atoms with van der Waals surface area (Å²) < 4.78 is 27.2. The van der Waals surface area contributed by atoms with Gasteiger partial charge in [0.25, 0.3) is 10.2 Å². The molecule has 2 fully saturated rings. The van der Waals surface area contributed by atoms with Crippen molar-refractivity contribution in [1.29, 1.82) is 0 Å². The van der Waals surface area contributed by atoms with Crippen LogP contribution in [0.25, 0.3) is 0 Å². The maximum absolute atomic E-state index is 12.2. The summed E-state index contributed by atoms with van der Waals surface area (Å²) in [6, 6.07) is 0. The largest absolute Gasteiger partial charge is 0.481 e. The third-order valence-corrected chi connectivity index (χ3v) is 5.45. The minimum atomic E-state index is -3.42. The van der Waals surface area contributed by atoms with Gasteiger partial charge in [-0.05, 0) is 25.7 Å². The normalized spacial score (nSPS) is 28.4. The van der Waals surface area contributed by atoms with Gasteiger partial charge in [0.15, 0.2) is 0 Å².